The predicted octanol–water partition coefficient (Wildman–Crippen LogP) is 0.595. The predicted molar refractivity (Wildman–Crippen MR) is 72.4 cm³/mol. The maximum Gasteiger partial charge on any atom is 0.168 e. The number of ether oxygens (including phenoxy) is 1. The van der Waals surface area contributed by atoms with Gasteiger partial charge in [-0.3, -0.25) is 0 Å². The van der Waals surface area contributed by atoms with E-state index >= 15 is 0 Å². The van der Waals surface area contributed by atoms with E-state index in [4.69, 9.17) is 4.74 Å². The average molecular weight is 284 g/mol. The van der Waals surface area contributed by atoms with Gasteiger partial charge in [0, 0.05) is 5.92 Å². The SMILES string of the molecule is C[N+]1([C@@H]2CS(=O)(=O)[C@]23C[C@H]2C=C[C@H]3C2)CCOCC1. The summed E-state index contributed by atoms with van der Waals surface area (Å²) in [6.07, 6.45) is 6.35. The summed E-state index contributed by atoms with van der Waals surface area (Å²) in [5.41, 5.74) is 0. The van der Waals surface area contributed by atoms with E-state index in [1.807, 2.05) is 0 Å². The second-order valence-corrected chi connectivity index (χ2v) is 9.31. The minimum absolute atomic E-state index is 0.277. The lowest BCUT2D eigenvalue weighted by molar-refractivity contribution is -0.942. The van der Waals surface area contributed by atoms with Crippen molar-refractivity contribution in [3.05, 3.63) is 12.2 Å². The number of sulfone groups is 1. The van der Waals surface area contributed by atoms with Crippen LogP contribution in [0, 0.1) is 11.8 Å². The molecule has 106 valence electrons. The second-order valence-electron chi connectivity index (χ2n) is 6.98. The van der Waals surface area contributed by atoms with Crippen LogP contribution in [0.3, 0.4) is 0 Å². The number of nitrogens with zero attached hydrogens (tertiary/aromatic N) is 1. The Morgan fingerprint density at radius 1 is 1.26 bits per heavy atom. The Bertz CT molecular complexity index is 535. The van der Waals surface area contributed by atoms with Crippen molar-refractivity contribution in [1.82, 2.24) is 0 Å². The summed E-state index contributed by atoms with van der Waals surface area (Å²) in [4.78, 5) is 0. The average Bonchev–Trinajstić information content (AvgIpc) is 2.98. The minimum Gasteiger partial charge on any atom is -0.370 e. The Hall–Kier alpha value is -0.390. The molecule has 0 radical (unpaired) electrons. The Morgan fingerprint density at radius 3 is 2.53 bits per heavy atom. The minimum atomic E-state index is -2.90. The van der Waals surface area contributed by atoms with Crippen LogP contribution in [0.1, 0.15) is 12.8 Å². The van der Waals surface area contributed by atoms with Gasteiger partial charge in [-0.1, -0.05) is 12.2 Å². The summed E-state index contributed by atoms with van der Waals surface area (Å²) in [5, 5.41) is 0. The van der Waals surface area contributed by atoms with Crippen LogP contribution in [-0.4, -0.2) is 62.8 Å². The van der Waals surface area contributed by atoms with Crippen LogP contribution in [0.25, 0.3) is 0 Å². The van der Waals surface area contributed by atoms with Crippen molar-refractivity contribution < 1.29 is 17.6 Å². The molecule has 4 rings (SSSR count). The largest absolute Gasteiger partial charge is 0.370 e. The van der Waals surface area contributed by atoms with Crippen molar-refractivity contribution in [2.75, 3.05) is 39.1 Å². The standard InChI is InChI=1S/C14H22NO3S/c1-15(4-6-18-7-5-15)13-10-19(16,17)14(13)9-11-2-3-12(14)8-11/h2-3,11-13H,4-10H2,1H3/q+1/t11-,12-,13+,14-/m0/s1. The highest BCUT2D eigenvalue weighted by molar-refractivity contribution is 7.94. The first-order valence-electron chi connectivity index (χ1n) is 7.31. The van der Waals surface area contributed by atoms with E-state index in [1.54, 1.807) is 0 Å². The van der Waals surface area contributed by atoms with Gasteiger partial charge >= 0.3 is 0 Å². The number of morpholine rings is 1. The lowest BCUT2D eigenvalue weighted by Gasteiger charge is -2.58. The van der Waals surface area contributed by atoms with Gasteiger partial charge in [-0.05, 0) is 18.8 Å². The van der Waals surface area contributed by atoms with Crippen LogP contribution in [0.2, 0.25) is 0 Å². The molecule has 2 heterocycles. The highest BCUT2D eigenvalue weighted by atomic mass is 32.2. The third kappa shape index (κ3) is 1.39. The first kappa shape index (κ1) is 12.4. The van der Waals surface area contributed by atoms with E-state index in [1.165, 1.54) is 0 Å². The molecule has 0 N–H and O–H groups in total. The van der Waals surface area contributed by atoms with E-state index in [-0.39, 0.29) is 5.92 Å². The van der Waals surface area contributed by atoms with Gasteiger partial charge in [0.2, 0.25) is 0 Å². The van der Waals surface area contributed by atoms with Crippen molar-refractivity contribution in [3.8, 4) is 0 Å². The number of quaternary nitrogens is 1. The number of likely N-dealkylation sites (N-methyl/N-ethyl adjacent to an activating group) is 1. The maximum absolute atomic E-state index is 12.6. The van der Waals surface area contributed by atoms with Crippen molar-refractivity contribution >= 4 is 9.84 Å². The van der Waals surface area contributed by atoms with Crippen LogP contribution in [-0.2, 0) is 14.6 Å². The monoisotopic (exact) mass is 284 g/mol. The van der Waals surface area contributed by atoms with Crippen LogP contribution >= 0.6 is 0 Å². The molecule has 1 spiro atoms. The molecule has 0 aromatic heterocycles. The van der Waals surface area contributed by atoms with E-state index in [0.717, 1.165) is 43.6 Å². The van der Waals surface area contributed by atoms with Crippen molar-refractivity contribution in [2.45, 2.75) is 23.6 Å². The van der Waals surface area contributed by atoms with Crippen LogP contribution in [0.5, 0.6) is 0 Å². The molecule has 2 bridgehead atoms. The van der Waals surface area contributed by atoms with Gasteiger partial charge in [0.05, 0.1) is 20.3 Å². The summed E-state index contributed by atoms with van der Waals surface area (Å²) >= 11 is 0. The fraction of sp³-hybridized carbons (Fsp3) is 0.857. The van der Waals surface area contributed by atoms with Gasteiger partial charge in [-0.25, -0.2) is 8.42 Å². The molecule has 4 atom stereocenters. The number of allylic oxidation sites excluding steroid dienone is 2. The Balaban J connectivity index is 1.73. The fourth-order valence-electron chi connectivity index (χ4n) is 4.98. The number of hydrogen-bond acceptors (Lipinski definition) is 3. The zero-order valence-corrected chi connectivity index (χ0v) is 12.2. The number of rotatable bonds is 1. The Morgan fingerprint density at radius 2 is 2.00 bits per heavy atom. The summed E-state index contributed by atoms with van der Waals surface area (Å²) in [6, 6.07) is 0.293. The Labute approximate surface area is 114 Å². The van der Waals surface area contributed by atoms with E-state index in [9.17, 15) is 8.42 Å². The van der Waals surface area contributed by atoms with Crippen LogP contribution in [0.15, 0.2) is 12.2 Å². The highest BCUT2D eigenvalue weighted by Gasteiger charge is 2.73. The number of fused-ring (bicyclic) bond motifs is 3. The first-order chi connectivity index (χ1) is 8.98. The molecular weight excluding hydrogens is 262 g/mol. The molecule has 1 saturated carbocycles. The lowest BCUT2D eigenvalue weighted by Crippen LogP contribution is -2.78. The zero-order chi connectivity index (χ0) is 13.3. The van der Waals surface area contributed by atoms with Gasteiger partial charge < -0.3 is 9.22 Å². The Kier molecular flexibility index (Phi) is 2.36. The molecule has 3 fully saturated rings. The molecule has 2 aliphatic heterocycles. The van der Waals surface area contributed by atoms with Crippen molar-refractivity contribution in [2.24, 2.45) is 11.8 Å². The maximum atomic E-state index is 12.6. The van der Waals surface area contributed by atoms with E-state index < -0.39 is 14.6 Å². The molecule has 19 heavy (non-hydrogen) atoms. The van der Waals surface area contributed by atoms with Crippen LogP contribution < -0.4 is 0 Å². The van der Waals surface area contributed by atoms with Crippen molar-refractivity contribution in [3.63, 3.8) is 0 Å². The smallest absolute Gasteiger partial charge is 0.168 e. The zero-order valence-electron chi connectivity index (χ0n) is 11.4. The third-order valence-electron chi connectivity index (χ3n) is 6.15. The quantitative estimate of drug-likeness (QED) is 0.523. The van der Waals surface area contributed by atoms with E-state index in [0.29, 0.717) is 17.7 Å². The molecular formula is C14H22NO3S+. The second kappa shape index (κ2) is 3.62. The molecule has 0 amide bonds. The van der Waals surface area contributed by atoms with Gasteiger partial charge in [-0.2, -0.15) is 0 Å². The first-order valence-corrected chi connectivity index (χ1v) is 8.96. The molecule has 0 unspecified atom stereocenters. The molecule has 0 aromatic carbocycles. The van der Waals surface area contributed by atoms with Crippen LogP contribution in [0.4, 0.5) is 0 Å². The van der Waals surface area contributed by atoms with Gasteiger partial charge in [0.1, 0.15) is 29.6 Å². The summed E-state index contributed by atoms with van der Waals surface area (Å²) < 4.78 is 31.0. The highest BCUT2D eigenvalue weighted by Crippen LogP contribution is 2.59. The lowest BCUT2D eigenvalue weighted by atomic mass is 9.83. The normalized spacial score (nSPS) is 49.4. The molecule has 2 aliphatic carbocycles. The molecule has 4 aliphatic rings. The van der Waals surface area contributed by atoms with E-state index in [2.05, 4.69) is 19.2 Å². The summed E-state index contributed by atoms with van der Waals surface area (Å²) in [6.45, 7) is 3.46. The molecule has 4 nitrogen and oxygen atoms in total. The molecule has 0 aromatic rings. The number of hydrogen-bond donors (Lipinski definition) is 0. The summed E-state index contributed by atoms with van der Waals surface area (Å²) in [7, 11) is -0.661. The fourth-order valence-corrected chi connectivity index (χ4v) is 7.92. The van der Waals surface area contributed by atoms with Gasteiger partial charge in [0.25, 0.3) is 0 Å². The third-order valence-corrected chi connectivity index (χ3v) is 8.80. The summed E-state index contributed by atoms with van der Waals surface area (Å²) in [5.74, 6) is 1.18. The topological polar surface area (TPSA) is 43.4 Å². The van der Waals surface area contributed by atoms with Crippen molar-refractivity contribution in [1.29, 1.82) is 0 Å². The van der Waals surface area contributed by atoms with Gasteiger partial charge in [-0.15, -0.1) is 0 Å². The van der Waals surface area contributed by atoms with Gasteiger partial charge in [0.15, 0.2) is 9.84 Å². The molecule has 2 saturated heterocycles. The molecule has 5 heteroatoms.